The number of rotatable bonds is 3. The van der Waals surface area contributed by atoms with Gasteiger partial charge in [-0.3, -0.25) is 14.8 Å². The topological polar surface area (TPSA) is 77.4 Å². The van der Waals surface area contributed by atoms with Gasteiger partial charge in [-0.15, -0.1) is 0 Å². The van der Waals surface area contributed by atoms with Gasteiger partial charge in [0.25, 0.3) is 5.91 Å². The van der Waals surface area contributed by atoms with Gasteiger partial charge in [0.2, 0.25) is 0 Å². The van der Waals surface area contributed by atoms with Crippen molar-refractivity contribution < 1.29 is 9.21 Å². The Kier molecular flexibility index (Phi) is 3.88. The van der Waals surface area contributed by atoms with E-state index in [1.54, 1.807) is 12.3 Å². The van der Waals surface area contributed by atoms with Gasteiger partial charge in [0.05, 0.1) is 6.26 Å². The first kappa shape index (κ1) is 14.5. The molecule has 2 aliphatic heterocycles. The summed E-state index contributed by atoms with van der Waals surface area (Å²) in [5.41, 5.74) is 1.19. The Morgan fingerprint density at radius 3 is 2.96 bits per heavy atom. The summed E-state index contributed by atoms with van der Waals surface area (Å²) in [5, 5.41) is 10.4. The van der Waals surface area contributed by atoms with Crippen molar-refractivity contribution in [3.63, 3.8) is 0 Å². The number of aromatic amines is 1. The molecule has 7 nitrogen and oxygen atoms in total. The normalized spacial score (nSPS) is 22.6. The van der Waals surface area contributed by atoms with Crippen molar-refractivity contribution >= 4 is 5.91 Å². The summed E-state index contributed by atoms with van der Waals surface area (Å²) < 4.78 is 5.33. The van der Waals surface area contributed by atoms with E-state index in [2.05, 4.69) is 20.4 Å². The Balaban J connectivity index is 1.41. The van der Waals surface area contributed by atoms with Crippen LogP contribution in [0.2, 0.25) is 0 Å². The maximum absolute atomic E-state index is 12.6. The maximum atomic E-state index is 12.6. The Labute approximate surface area is 134 Å². The lowest BCUT2D eigenvalue weighted by Crippen LogP contribution is -2.49. The summed E-state index contributed by atoms with van der Waals surface area (Å²) in [6, 6.07) is 5.90. The lowest BCUT2D eigenvalue weighted by Gasteiger charge is -2.32. The first-order valence-corrected chi connectivity index (χ1v) is 8.14. The molecule has 2 N–H and O–H groups in total. The average molecular weight is 315 g/mol. The minimum Gasteiger partial charge on any atom is -0.463 e. The Bertz CT molecular complexity index is 660. The molecule has 0 aromatic carbocycles. The first-order valence-electron chi connectivity index (χ1n) is 8.14. The third kappa shape index (κ3) is 2.89. The van der Waals surface area contributed by atoms with Crippen LogP contribution in [0.4, 0.5) is 0 Å². The van der Waals surface area contributed by atoms with E-state index in [9.17, 15) is 4.79 Å². The molecule has 0 aliphatic carbocycles. The standard InChI is InChI=1S/C16H21N5O2/c22-16(14-10-13(18-19-14)15-2-1-9-23-15)21-6-3-12(11-21)20-7-4-17-5-8-20/h1-2,9-10,12,17H,3-8,11H2,(H,18,19). The quantitative estimate of drug-likeness (QED) is 0.876. The molecule has 122 valence electrons. The molecule has 1 atom stereocenters. The molecule has 0 spiro atoms. The zero-order chi connectivity index (χ0) is 15.6. The number of H-pyrrole nitrogens is 1. The van der Waals surface area contributed by atoms with Crippen LogP contribution in [0.1, 0.15) is 16.9 Å². The molecular formula is C16H21N5O2. The van der Waals surface area contributed by atoms with Crippen molar-refractivity contribution in [2.45, 2.75) is 12.5 Å². The Morgan fingerprint density at radius 2 is 2.17 bits per heavy atom. The minimum atomic E-state index is -0.00306. The maximum Gasteiger partial charge on any atom is 0.274 e. The summed E-state index contributed by atoms with van der Waals surface area (Å²) in [6.45, 7) is 5.81. The van der Waals surface area contributed by atoms with Crippen molar-refractivity contribution in [1.82, 2.24) is 25.3 Å². The highest BCUT2D eigenvalue weighted by Crippen LogP contribution is 2.21. The van der Waals surface area contributed by atoms with E-state index in [0.717, 1.165) is 51.4 Å². The number of piperazine rings is 1. The second-order valence-corrected chi connectivity index (χ2v) is 6.12. The molecule has 0 radical (unpaired) electrons. The van der Waals surface area contributed by atoms with Crippen LogP contribution in [0.25, 0.3) is 11.5 Å². The molecule has 1 amide bonds. The SMILES string of the molecule is O=C(c1cc(-c2ccco2)[nH]n1)N1CCC(N2CCNCC2)C1. The van der Waals surface area contributed by atoms with Crippen LogP contribution in [0.3, 0.4) is 0 Å². The van der Waals surface area contributed by atoms with E-state index >= 15 is 0 Å². The van der Waals surface area contributed by atoms with E-state index in [4.69, 9.17) is 4.42 Å². The second kappa shape index (κ2) is 6.17. The summed E-state index contributed by atoms with van der Waals surface area (Å²) >= 11 is 0. The highest BCUT2D eigenvalue weighted by atomic mass is 16.3. The van der Waals surface area contributed by atoms with Crippen LogP contribution in [0.15, 0.2) is 28.9 Å². The molecule has 2 aliphatic rings. The van der Waals surface area contributed by atoms with Gasteiger partial charge in [0.15, 0.2) is 11.5 Å². The summed E-state index contributed by atoms with van der Waals surface area (Å²) in [5.74, 6) is 0.688. The van der Waals surface area contributed by atoms with Gasteiger partial charge in [0.1, 0.15) is 5.69 Å². The van der Waals surface area contributed by atoms with Crippen molar-refractivity contribution in [1.29, 1.82) is 0 Å². The number of nitrogens with zero attached hydrogens (tertiary/aromatic N) is 3. The number of amides is 1. The molecule has 2 aromatic heterocycles. The molecule has 2 saturated heterocycles. The first-order chi connectivity index (χ1) is 11.3. The third-order valence-corrected chi connectivity index (χ3v) is 4.70. The van der Waals surface area contributed by atoms with Gasteiger partial charge in [-0.1, -0.05) is 0 Å². The third-order valence-electron chi connectivity index (χ3n) is 4.70. The summed E-state index contributed by atoms with van der Waals surface area (Å²) in [7, 11) is 0. The molecule has 23 heavy (non-hydrogen) atoms. The zero-order valence-corrected chi connectivity index (χ0v) is 13.0. The van der Waals surface area contributed by atoms with Crippen LogP contribution in [0, 0.1) is 0 Å². The number of likely N-dealkylation sites (tertiary alicyclic amines) is 1. The lowest BCUT2D eigenvalue weighted by atomic mass is 10.2. The highest BCUT2D eigenvalue weighted by molar-refractivity contribution is 5.93. The number of carbonyl (C=O) groups excluding carboxylic acids is 1. The molecule has 2 fully saturated rings. The van der Waals surface area contributed by atoms with Crippen LogP contribution < -0.4 is 5.32 Å². The molecule has 4 heterocycles. The fraction of sp³-hybridized carbons (Fsp3) is 0.500. The number of furan rings is 1. The number of aromatic nitrogens is 2. The molecular weight excluding hydrogens is 294 g/mol. The zero-order valence-electron chi connectivity index (χ0n) is 13.0. The molecule has 7 heteroatoms. The van der Waals surface area contributed by atoms with Gasteiger partial charge in [-0.05, 0) is 18.6 Å². The van der Waals surface area contributed by atoms with Crippen molar-refractivity contribution in [2.24, 2.45) is 0 Å². The lowest BCUT2D eigenvalue weighted by molar-refractivity contribution is 0.0767. The van der Waals surface area contributed by atoms with Gasteiger partial charge in [0, 0.05) is 51.4 Å². The minimum absolute atomic E-state index is 0.00306. The van der Waals surface area contributed by atoms with Crippen molar-refractivity contribution in [2.75, 3.05) is 39.3 Å². The van der Waals surface area contributed by atoms with E-state index in [-0.39, 0.29) is 5.91 Å². The fourth-order valence-electron chi connectivity index (χ4n) is 3.42. The predicted octanol–water partition coefficient (Wildman–Crippen LogP) is 0.789. The molecule has 1 unspecified atom stereocenters. The Morgan fingerprint density at radius 1 is 1.30 bits per heavy atom. The number of nitrogens with one attached hydrogen (secondary N) is 2. The van der Waals surface area contributed by atoms with Crippen molar-refractivity contribution in [3.8, 4) is 11.5 Å². The van der Waals surface area contributed by atoms with E-state index in [1.165, 1.54) is 0 Å². The summed E-state index contributed by atoms with van der Waals surface area (Å²) in [6.07, 6.45) is 2.65. The van der Waals surface area contributed by atoms with Crippen LogP contribution in [-0.4, -0.2) is 71.2 Å². The highest BCUT2D eigenvalue weighted by Gasteiger charge is 2.32. The smallest absolute Gasteiger partial charge is 0.274 e. The van der Waals surface area contributed by atoms with Gasteiger partial charge in [-0.25, -0.2) is 0 Å². The molecule has 2 aromatic rings. The van der Waals surface area contributed by atoms with Crippen LogP contribution in [-0.2, 0) is 0 Å². The summed E-state index contributed by atoms with van der Waals surface area (Å²) in [4.78, 5) is 17.0. The molecule has 4 rings (SSSR count). The van der Waals surface area contributed by atoms with Gasteiger partial charge >= 0.3 is 0 Å². The van der Waals surface area contributed by atoms with Gasteiger partial charge in [-0.2, -0.15) is 5.10 Å². The number of hydrogen-bond donors (Lipinski definition) is 2. The molecule has 0 saturated carbocycles. The van der Waals surface area contributed by atoms with Crippen molar-refractivity contribution in [3.05, 3.63) is 30.2 Å². The van der Waals surface area contributed by atoms with Crippen LogP contribution >= 0.6 is 0 Å². The predicted molar refractivity (Wildman–Crippen MR) is 85.0 cm³/mol. The van der Waals surface area contributed by atoms with E-state index in [1.807, 2.05) is 17.0 Å². The molecule has 0 bridgehead atoms. The van der Waals surface area contributed by atoms with Gasteiger partial charge < -0.3 is 14.6 Å². The average Bonchev–Trinajstić information content (AvgIpc) is 3.35. The number of carbonyl (C=O) groups is 1. The Hall–Kier alpha value is -2.12. The van der Waals surface area contributed by atoms with Crippen LogP contribution in [0.5, 0.6) is 0 Å². The largest absolute Gasteiger partial charge is 0.463 e. The number of hydrogen-bond acceptors (Lipinski definition) is 5. The fourth-order valence-corrected chi connectivity index (χ4v) is 3.42. The second-order valence-electron chi connectivity index (χ2n) is 6.12. The van der Waals surface area contributed by atoms with E-state index < -0.39 is 0 Å². The van der Waals surface area contributed by atoms with E-state index in [0.29, 0.717) is 17.5 Å². The monoisotopic (exact) mass is 315 g/mol.